The zero-order valence-electron chi connectivity index (χ0n) is 6.53. The Labute approximate surface area is 73.8 Å². The lowest BCUT2D eigenvalue weighted by molar-refractivity contribution is 0.0600. The molecule has 0 aliphatic heterocycles. The molecular formula is C8H7O3Si. The number of hydrogen-bond donors (Lipinski definition) is 0. The van der Waals surface area contributed by atoms with Crippen LogP contribution >= 0.6 is 0 Å². The van der Waals surface area contributed by atoms with Gasteiger partial charge < -0.3 is 9.16 Å². The van der Waals surface area contributed by atoms with Crippen LogP contribution in [0.2, 0.25) is 0 Å². The van der Waals surface area contributed by atoms with Crippen molar-refractivity contribution in [2.75, 3.05) is 7.11 Å². The predicted molar refractivity (Wildman–Crippen MR) is 44.2 cm³/mol. The molecule has 0 N–H and O–H groups in total. The van der Waals surface area contributed by atoms with Crippen LogP contribution < -0.4 is 4.43 Å². The molecule has 0 saturated carbocycles. The van der Waals surface area contributed by atoms with E-state index < -0.39 is 0 Å². The molecule has 3 nitrogen and oxygen atoms in total. The minimum absolute atomic E-state index is 0.374. The highest BCUT2D eigenvalue weighted by Gasteiger charge is 2.04. The number of carbonyl (C=O) groups is 1. The molecule has 0 amide bonds. The molecule has 61 valence electrons. The minimum Gasteiger partial charge on any atom is -0.540 e. The number of methoxy groups -OCH3 is 1. The van der Waals surface area contributed by atoms with Crippen molar-refractivity contribution in [1.82, 2.24) is 0 Å². The van der Waals surface area contributed by atoms with Crippen molar-refractivity contribution in [1.29, 1.82) is 0 Å². The molecular weight excluding hydrogens is 172 g/mol. The van der Waals surface area contributed by atoms with E-state index in [0.717, 1.165) is 0 Å². The lowest BCUT2D eigenvalue weighted by atomic mass is 10.2. The first-order chi connectivity index (χ1) is 5.77. The quantitative estimate of drug-likeness (QED) is 0.500. The van der Waals surface area contributed by atoms with E-state index in [-0.39, 0.29) is 5.97 Å². The van der Waals surface area contributed by atoms with Crippen LogP contribution in [0, 0.1) is 0 Å². The fourth-order valence-electron chi connectivity index (χ4n) is 0.804. The van der Waals surface area contributed by atoms with Crippen LogP contribution in [0.3, 0.4) is 0 Å². The Morgan fingerprint density at radius 2 is 2.25 bits per heavy atom. The van der Waals surface area contributed by atoms with Gasteiger partial charge >= 0.3 is 16.5 Å². The van der Waals surface area contributed by atoms with Gasteiger partial charge in [0.05, 0.1) is 12.7 Å². The summed E-state index contributed by atoms with van der Waals surface area (Å²) in [6, 6.07) is 6.67. The van der Waals surface area contributed by atoms with Gasteiger partial charge in [-0.1, -0.05) is 6.07 Å². The summed E-state index contributed by atoms with van der Waals surface area (Å²) in [6.45, 7) is 0. The maximum absolute atomic E-state index is 11.0. The Kier molecular flexibility index (Phi) is 2.87. The third-order valence-electron chi connectivity index (χ3n) is 1.37. The Morgan fingerprint density at radius 1 is 1.50 bits per heavy atom. The summed E-state index contributed by atoms with van der Waals surface area (Å²) in [5.41, 5.74) is 0.466. The van der Waals surface area contributed by atoms with Crippen LogP contribution in [0.5, 0.6) is 5.75 Å². The molecule has 0 spiro atoms. The zero-order chi connectivity index (χ0) is 8.97. The van der Waals surface area contributed by atoms with Crippen LogP contribution in [0.15, 0.2) is 24.3 Å². The van der Waals surface area contributed by atoms with Crippen molar-refractivity contribution in [3.63, 3.8) is 0 Å². The molecule has 0 aliphatic rings. The van der Waals surface area contributed by atoms with Gasteiger partial charge in [-0.05, 0) is 18.2 Å². The lowest BCUT2D eigenvalue weighted by Gasteiger charge is -2.01. The van der Waals surface area contributed by atoms with E-state index in [1.165, 1.54) is 7.11 Å². The second-order valence-corrected chi connectivity index (χ2v) is 2.33. The standard InChI is InChI=1S/C8H7O3Si/c1-10-8(9)6-3-2-4-7(5-6)11-12/h2-5H,1H3. The number of benzene rings is 1. The van der Waals surface area contributed by atoms with E-state index >= 15 is 0 Å². The molecule has 0 fully saturated rings. The molecule has 12 heavy (non-hydrogen) atoms. The van der Waals surface area contributed by atoms with E-state index in [2.05, 4.69) is 15.2 Å². The Bertz CT molecular complexity index is 285. The second-order valence-electron chi connectivity index (χ2n) is 2.12. The van der Waals surface area contributed by atoms with E-state index in [1.54, 1.807) is 24.3 Å². The predicted octanol–water partition coefficient (Wildman–Crippen LogP) is 0.935. The maximum Gasteiger partial charge on any atom is 0.341 e. The van der Waals surface area contributed by atoms with E-state index in [4.69, 9.17) is 4.43 Å². The first-order valence-corrected chi connectivity index (χ1v) is 3.70. The third-order valence-corrected chi connectivity index (χ3v) is 1.61. The number of ether oxygens (including phenoxy) is 1. The molecule has 4 heteroatoms. The van der Waals surface area contributed by atoms with Crippen LogP contribution in [0.25, 0.3) is 0 Å². The monoisotopic (exact) mass is 179 g/mol. The van der Waals surface area contributed by atoms with Gasteiger partial charge in [0.25, 0.3) is 0 Å². The smallest absolute Gasteiger partial charge is 0.341 e. The molecule has 0 aliphatic carbocycles. The van der Waals surface area contributed by atoms with Gasteiger partial charge in [0.2, 0.25) is 0 Å². The number of rotatable bonds is 2. The number of hydrogen-bond acceptors (Lipinski definition) is 3. The van der Waals surface area contributed by atoms with Crippen molar-refractivity contribution in [2.24, 2.45) is 0 Å². The summed E-state index contributed by atoms with van der Waals surface area (Å²) in [4.78, 5) is 11.0. The van der Waals surface area contributed by atoms with Gasteiger partial charge in [-0.25, -0.2) is 4.79 Å². The Hall–Kier alpha value is -1.29. The van der Waals surface area contributed by atoms with Crippen LogP contribution in [0.1, 0.15) is 10.4 Å². The third kappa shape index (κ3) is 1.85. The number of esters is 1. The summed E-state index contributed by atoms with van der Waals surface area (Å²) in [6.07, 6.45) is 0. The molecule has 0 unspecified atom stereocenters. The van der Waals surface area contributed by atoms with Gasteiger partial charge in [-0.15, -0.1) is 0 Å². The molecule has 1 aromatic carbocycles. The molecule has 0 bridgehead atoms. The van der Waals surface area contributed by atoms with Crippen LogP contribution in [-0.2, 0) is 4.74 Å². The molecule has 1 aromatic rings. The van der Waals surface area contributed by atoms with E-state index in [0.29, 0.717) is 11.3 Å². The van der Waals surface area contributed by atoms with Crippen molar-refractivity contribution < 1.29 is 14.0 Å². The largest absolute Gasteiger partial charge is 0.540 e. The highest BCUT2D eigenvalue weighted by molar-refractivity contribution is 6.00. The van der Waals surface area contributed by atoms with Gasteiger partial charge in [-0.3, -0.25) is 0 Å². The molecule has 1 rings (SSSR count). The van der Waals surface area contributed by atoms with Crippen molar-refractivity contribution in [2.45, 2.75) is 0 Å². The summed E-state index contributed by atoms with van der Waals surface area (Å²) in [5.74, 6) is 0.190. The van der Waals surface area contributed by atoms with Crippen molar-refractivity contribution in [3.8, 4) is 5.75 Å². The SMILES string of the molecule is COC(=O)c1cccc(O[Si])c1. The summed E-state index contributed by atoms with van der Waals surface area (Å²) in [7, 11) is 4.19. The summed E-state index contributed by atoms with van der Waals surface area (Å²) in [5, 5.41) is 0. The fraction of sp³-hybridized carbons (Fsp3) is 0.125. The van der Waals surface area contributed by atoms with Crippen molar-refractivity contribution in [3.05, 3.63) is 29.8 Å². The first-order valence-electron chi connectivity index (χ1n) is 3.30. The highest BCUT2D eigenvalue weighted by Crippen LogP contribution is 2.12. The number of carbonyl (C=O) groups excluding carboxylic acids is 1. The maximum atomic E-state index is 11.0. The second kappa shape index (κ2) is 3.92. The molecule has 3 radical (unpaired) electrons. The average Bonchev–Trinajstić information content (AvgIpc) is 2.17. The van der Waals surface area contributed by atoms with Gasteiger partial charge in [0.15, 0.2) is 0 Å². The van der Waals surface area contributed by atoms with E-state index in [9.17, 15) is 4.79 Å². The average molecular weight is 179 g/mol. The van der Waals surface area contributed by atoms with Gasteiger partial charge in [0, 0.05) is 0 Å². The van der Waals surface area contributed by atoms with E-state index in [1.807, 2.05) is 0 Å². The fourth-order valence-corrected chi connectivity index (χ4v) is 0.931. The van der Waals surface area contributed by atoms with Gasteiger partial charge in [0.1, 0.15) is 5.75 Å². The topological polar surface area (TPSA) is 35.5 Å². The molecule has 0 aromatic heterocycles. The Balaban J connectivity index is 2.93. The minimum atomic E-state index is -0.374. The summed E-state index contributed by atoms with van der Waals surface area (Å²) < 4.78 is 9.27. The normalized spacial score (nSPS) is 9.17. The van der Waals surface area contributed by atoms with Crippen LogP contribution in [0.4, 0.5) is 0 Å². The lowest BCUT2D eigenvalue weighted by Crippen LogP contribution is -2.00. The molecule has 0 heterocycles. The van der Waals surface area contributed by atoms with Crippen LogP contribution in [-0.4, -0.2) is 23.6 Å². The van der Waals surface area contributed by atoms with Gasteiger partial charge in [-0.2, -0.15) is 0 Å². The molecule has 0 atom stereocenters. The highest BCUT2D eigenvalue weighted by atomic mass is 28.2. The molecule has 0 saturated heterocycles. The first kappa shape index (κ1) is 8.80. The zero-order valence-corrected chi connectivity index (χ0v) is 7.53. The summed E-state index contributed by atoms with van der Waals surface area (Å²) >= 11 is 0. The van der Waals surface area contributed by atoms with Crippen molar-refractivity contribution >= 4 is 16.5 Å². The Morgan fingerprint density at radius 3 is 2.83 bits per heavy atom.